The number of hydrogen-bond donors (Lipinski definition) is 2. The van der Waals surface area contributed by atoms with Crippen LogP contribution in [0.3, 0.4) is 0 Å². The molecule has 1 aromatic heterocycles. The minimum atomic E-state index is -0.809. The molecule has 19 heavy (non-hydrogen) atoms. The Bertz CT molecular complexity index is 438. The highest BCUT2D eigenvalue weighted by atomic mass is 32.2. The van der Waals surface area contributed by atoms with Gasteiger partial charge in [-0.3, -0.25) is 9.00 Å². The highest BCUT2D eigenvalue weighted by Gasteiger charge is 2.10. The SMILES string of the molecule is CCCNc1ncccc1C(=O)NCCCS(C)=O. The Balaban J connectivity index is 2.53. The fourth-order valence-electron chi connectivity index (χ4n) is 1.55. The van der Waals surface area contributed by atoms with E-state index in [9.17, 15) is 9.00 Å². The molecular weight excluding hydrogens is 262 g/mol. The molecule has 1 atom stereocenters. The Kier molecular flexibility index (Phi) is 7.10. The van der Waals surface area contributed by atoms with Gasteiger partial charge >= 0.3 is 0 Å². The van der Waals surface area contributed by atoms with E-state index < -0.39 is 10.8 Å². The first-order chi connectivity index (χ1) is 9.15. The van der Waals surface area contributed by atoms with Crippen molar-refractivity contribution in [1.29, 1.82) is 0 Å². The quantitative estimate of drug-likeness (QED) is 0.708. The summed E-state index contributed by atoms with van der Waals surface area (Å²) in [6.07, 6.45) is 5.01. The highest BCUT2D eigenvalue weighted by molar-refractivity contribution is 7.84. The zero-order valence-electron chi connectivity index (χ0n) is 11.4. The summed E-state index contributed by atoms with van der Waals surface area (Å²) < 4.78 is 10.9. The Morgan fingerprint density at radius 2 is 2.21 bits per heavy atom. The van der Waals surface area contributed by atoms with Crippen LogP contribution in [0.25, 0.3) is 0 Å². The van der Waals surface area contributed by atoms with Gasteiger partial charge in [0, 0.05) is 42.1 Å². The molecule has 106 valence electrons. The van der Waals surface area contributed by atoms with Crippen LogP contribution in [-0.4, -0.2) is 40.2 Å². The van der Waals surface area contributed by atoms with Crippen LogP contribution in [-0.2, 0) is 10.8 Å². The number of amides is 1. The lowest BCUT2D eigenvalue weighted by molar-refractivity contribution is 0.0954. The molecule has 0 bridgehead atoms. The van der Waals surface area contributed by atoms with Gasteiger partial charge in [-0.05, 0) is 25.0 Å². The van der Waals surface area contributed by atoms with Crippen LogP contribution in [0.1, 0.15) is 30.1 Å². The van der Waals surface area contributed by atoms with Gasteiger partial charge in [0.05, 0.1) is 5.56 Å². The van der Waals surface area contributed by atoms with Crippen molar-refractivity contribution in [3.8, 4) is 0 Å². The van der Waals surface area contributed by atoms with Crippen molar-refractivity contribution in [2.24, 2.45) is 0 Å². The number of nitrogens with one attached hydrogen (secondary N) is 2. The zero-order valence-corrected chi connectivity index (χ0v) is 12.3. The monoisotopic (exact) mass is 283 g/mol. The zero-order chi connectivity index (χ0) is 14.1. The smallest absolute Gasteiger partial charge is 0.255 e. The molecule has 5 nitrogen and oxygen atoms in total. The van der Waals surface area contributed by atoms with Gasteiger partial charge in [-0.15, -0.1) is 0 Å². The molecule has 0 spiro atoms. The van der Waals surface area contributed by atoms with E-state index in [2.05, 4.69) is 22.5 Å². The number of aromatic nitrogens is 1. The number of anilines is 1. The second-order valence-electron chi connectivity index (χ2n) is 4.21. The molecule has 0 saturated heterocycles. The predicted octanol–water partition coefficient (Wildman–Crippen LogP) is 1.40. The molecule has 1 heterocycles. The van der Waals surface area contributed by atoms with Gasteiger partial charge in [0.2, 0.25) is 0 Å². The number of hydrogen-bond acceptors (Lipinski definition) is 4. The van der Waals surface area contributed by atoms with E-state index in [0.717, 1.165) is 13.0 Å². The summed E-state index contributed by atoms with van der Waals surface area (Å²) in [6, 6.07) is 3.49. The lowest BCUT2D eigenvalue weighted by Crippen LogP contribution is -2.26. The van der Waals surface area contributed by atoms with Crippen molar-refractivity contribution in [3.63, 3.8) is 0 Å². The fraction of sp³-hybridized carbons (Fsp3) is 0.538. The van der Waals surface area contributed by atoms with Crippen LogP contribution in [0.5, 0.6) is 0 Å². The summed E-state index contributed by atoms with van der Waals surface area (Å²) in [5.41, 5.74) is 0.550. The van der Waals surface area contributed by atoms with E-state index in [1.165, 1.54) is 0 Å². The molecule has 0 radical (unpaired) electrons. The van der Waals surface area contributed by atoms with Crippen LogP contribution in [0.4, 0.5) is 5.82 Å². The van der Waals surface area contributed by atoms with E-state index >= 15 is 0 Å². The normalized spacial score (nSPS) is 11.9. The van der Waals surface area contributed by atoms with E-state index in [0.29, 0.717) is 30.1 Å². The van der Waals surface area contributed by atoms with E-state index in [1.807, 2.05) is 0 Å². The predicted molar refractivity (Wildman–Crippen MR) is 78.9 cm³/mol. The van der Waals surface area contributed by atoms with Crippen molar-refractivity contribution in [2.45, 2.75) is 19.8 Å². The minimum absolute atomic E-state index is 0.145. The molecule has 2 N–H and O–H groups in total. The lowest BCUT2D eigenvalue weighted by Gasteiger charge is -2.10. The van der Waals surface area contributed by atoms with Gasteiger partial charge in [-0.1, -0.05) is 6.92 Å². The Labute approximate surface area is 116 Å². The van der Waals surface area contributed by atoms with Gasteiger partial charge < -0.3 is 10.6 Å². The average molecular weight is 283 g/mol. The summed E-state index contributed by atoms with van der Waals surface area (Å²) in [6.45, 7) is 3.37. The lowest BCUT2D eigenvalue weighted by atomic mass is 10.2. The van der Waals surface area contributed by atoms with Crippen LogP contribution < -0.4 is 10.6 Å². The van der Waals surface area contributed by atoms with Gasteiger partial charge in [0.1, 0.15) is 5.82 Å². The van der Waals surface area contributed by atoms with E-state index in [4.69, 9.17) is 0 Å². The number of carbonyl (C=O) groups excluding carboxylic acids is 1. The molecule has 0 aromatic carbocycles. The van der Waals surface area contributed by atoms with Gasteiger partial charge in [0.15, 0.2) is 0 Å². The molecule has 6 heteroatoms. The Hall–Kier alpha value is -1.43. The molecule has 0 aliphatic rings. The largest absolute Gasteiger partial charge is 0.369 e. The third-order valence-corrected chi connectivity index (χ3v) is 3.35. The number of pyridine rings is 1. The van der Waals surface area contributed by atoms with Gasteiger partial charge in [-0.2, -0.15) is 0 Å². The topological polar surface area (TPSA) is 71.1 Å². The summed E-state index contributed by atoms with van der Waals surface area (Å²) in [7, 11) is -0.809. The van der Waals surface area contributed by atoms with Crippen LogP contribution >= 0.6 is 0 Å². The molecule has 0 aliphatic heterocycles. The maximum atomic E-state index is 12.0. The first-order valence-corrected chi connectivity index (χ1v) is 8.15. The summed E-state index contributed by atoms with van der Waals surface area (Å²) in [5, 5.41) is 5.95. The minimum Gasteiger partial charge on any atom is -0.369 e. The van der Waals surface area contributed by atoms with Gasteiger partial charge in [0.25, 0.3) is 5.91 Å². The standard InChI is InChI=1S/C13H21N3O2S/c1-3-7-14-12-11(6-4-8-15-12)13(17)16-9-5-10-19(2)18/h4,6,8H,3,5,7,9-10H2,1-2H3,(H,14,15)(H,16,17). The molecule has 0 saturated carbocycles. The Morgan fingerprint density at radius 1 is 1.42 bits per heavy atom. The first-order valence-electron chi connectivity index (χ1n) is 6.42. The average Bonchev–Trinajstić information content (AvgIpc) is 2.41. The molecule has 1 aromatic rings. The molecule has 1 unspecified atom stereocenters. The summed E-state index contributed by atoms with van der Waals surface area (Å²) in [4.78, 5) is 16.2. The summed E-state index contributed by atoms with van der Waals surface area (Å²) >= 11 is 0. The second-order valence-corrected chi connectivity index (χ2v) is 5.77. The number of carbonyl (C=O) groups is 1. The van der Waals surface area contributed by atoms with Crippen molar-refractivity contribution in [3.05, 3.63) is 23.9 Å². The first kappa shape index (κ1) is 15.6. The van der Waals surface area contributed by atoms with Crippen molar-refractivity contribution >= 4 is 22.5 Å². The number of rotatable bonds is 8. The molecule has 0 aliphatic carbocycles. The molecule has 1 rings (SSSR count). The third-order valence-electron chi connectivity index (χ3n) is 2.49. The van der Waals surface area contributed by atoms with Crippen LogP contribution in [0, 0.1) is 0 Å². The van der Waals surface area contributed by atoms with Crippen molar-refractivity contribution in [2.75, 3.05) is 30.4 Å². The molecule has 1 amide bonds. The molecule has 0 fully saturated rings. The van der Waals surface area contributed by atoms with E-state index in [1.54, 1.807) is 24.6 Å². The van der Waals surface area contributed by atoms with Crippen LogP contribution in [0.2, 0.25) is 0 Å². The summed E-state index contributed by atoms with van der Waals surface area (Å²) in [5.74, 6) is 1.07. The second kappa shape index (κ2) is 8.63. The van der Waals surface area contributed by atoms with Gasteiger partial charge in [-0.25, -0.2) is 4.98 Å². The van der Waals surface area contributed by atoms with Crippen LogP contribution in [0.15, 0.2) is 18.3 Å². The highest BCUT2D eigenvalue weighted by Crippen LogP contribution is 2.11. The fourth-order valence-corrected chi connectivity index (χ4v) is 2.10. The Morgan fingerprint density at radius 3 is 2.89 bits per heavy atom. The molecular formula is C13H21N3O2S. The third kappa shape index (κ3) is 5.83. The maximum absolute atomic E-state index is 12.0. The van der Waals surface area contributed by atoms with Crippen molar-refractivity contribution in [1.82, 2.24) is 10.3 Å². The maximum Gasteiger partial charge on any atom is 0.255 e. The number of nitrogens with zero attached hydrogens (tertiary/aromatic N) is 1. The van der Waals surface area contributed by atoms with Crippen molar-refractivity contribution < 1.29 is 9.00 Å². The van der Waals surface area contributed by atoms with E-state index in [-0.39, 0.29) is 5.91 Å².